The lowest BCUT2D eigenvalue weighted by atomic mass is 10.2. The molecule has 0 unspecified atom stereocenters. The van der Waals surface area contributed by atoms with Crippen LogP contribution in [0.3, 0.4) is 0 Å². The third-order valence-corrected chi connectivity index (χ3v) is 1.91. The van der Waals surface area contributed by atoms with Gasteiger partial charge < -0.3 is 10.6 Å². The van der Waals surface area contributed by atoms with Crippen LogP contribution in [0.25, 0.3) is 0 Å². The fraction of sp³-hybridized carbons (Fsp3) is 0.600. The summed E-state index contributed by atoms with van der Waals surface area (Å²) in [4.78, 5) is 10.5. The minimum absolute atomic E-state index is 0.525. The summed E-state index contributed by atoms with van der Waals surface area (Å²) in [5.41, 5.74) is 5.60. The minimum atomic E-state index is 0.525. The fourth-order valence-electron chi connectivity index (χ4n) is 1.31. The number of anilines is 2. The molecule has 0 aliphatic rings. The number of hydrogen-bond acceptors (Lipinski definition) is 4. The quantitative estimate of drug-likeness (QED) is 0.790. The van der Waals surface area contributed by atoms with Gasteiger partial charge in [-0.1, -0.05) is 13.8 Å². The topological polar surface area (TPSA) is 55.0 Å². The van der Waals surface area contributed by atoms with E-state index in [0.717, 1.165) is 19.0 Å². The Bertz CT molecular complexity index is 285. The molecule has 0 amide bonds. The molecule has 0 atom stereocenters. The zero-order valence-corrected chi connectivity index (χ0v) is 9.07. The first-order chi connectivity index (χ1) is 6.63. The van der Waals surface area contributed by atoms with Gasteiger partial charge in [0, 0.05) is 19.3 Å². The van der Waals surface area contributed by atoms with Crippen LogP contribution in [0.5, 0.6) is 0 Å². The summed E-state index contributed by atoms with van der Waals surface area (Å²) < 4.78 is 0. The van der Waals surface area contributed by atoms with Crippen molar-refractivity contribution < 1.29 is 0 Å². The van der Waals surface area contributed by atoms with E-state index < -0.39 is 0 Å². The molecule has 78 valence electrons. The number of nitrogen functional groups attached to an aromatic ring is 1. The summed E-state index contributed by atoms with van der Waals surface area (Å²) in [6.45, 7) is 8.31. The van der Waals surface area contributed by atoms with E-state index in [0.29, 0.717) is 11.7 Å². The molecule has 2 N–H and O–H groups in total. The van der Waals surface area contributed by atoms with Crippen LogP contribution >= 0.6 is 0 Å². The Morgan fingerprint density at radius 3 is 2.71 bits per heavy atom. The summed E-state index contributed by atoms with van der Waals surface area (Å²) >= 11 is 0. The van der Waals surface area contributed by atoms with Crippen LogP contribution in [-0.2, 0) is 0 Å². The highest BCUT2D eigenvalue weighted by atomic mass is 15.2. The number of nitrogens with two attached hydrogens (primary N) is 1. The zero-order chi connectivity index (χ0) is 10.6. The smallest absolute Gasteiger partial charge is 0.227 e. The van der Waals surface area contributed by atoms with Crippen LogP contribution in [0.15, 0.2) is 12.3 Å². The largest absolute Gasteiger partial charge is 0.384 e. The van der Waals surface area contributed by atoms with Gasteiger partial charge in [-0.05, 0) is 18.9 Å². The SMILES string of the molecule is CCN(CC(C)C)c1nccc(N)n1. The predicted molar refractivity (Wildman–Crippen MR) is 59.2 cm³/mol. The standard InChI is InChI=1S/C10H18N4/c1-4-14(7-8(2)3)10-12-6-5-9(11)13-10/h5-6,8H,4,7H2,1-3H3,(H2,11,12,13). The van der Waals surface area contributed by atoms with Gasteiger partial charge in [0.15, 0.2) is 0 Å². The van der Waals surface area contributed by atoms with E-state index in [1.807, 2.05) is 0 Å². The Kier molecular flexibility index (Phi) is 3.68. The van der Waals surface area contributed by atoms with Crippen molar-refractivity contribution in [2.75, 3.05) is 23.7 Å². The molecule has 0 aromatic carbocycles. The number of aromatic nitrogens is 2. The Morgan fingerprint density at radius 2 is 2.21 bits per heavy atom. The van der Waals surface area contributed by atoms with Crippen molar-refractivity contribution in [2.24, 2.45) is 5.92 Å². The van der Waals surface area contributed by atoms with Gasteiger partial charge in [-0.2, -0.15) is 4.98 Å². The Morgan fingerprint density at radius 1 is 1.50 bits per heavy atom. The first-order valence-corrected chi connectivity index (χ1v) is 4.97. The molecular formula is C10H18N4. The van der Waals surface area contributed by atoms with Gasteiger partial charge in [-0.3, -0.25) is 0 Å². The second kappa shape index (κ2) is 4.79. The van der Waals surface area contributed by atoms with Crippen LogP contribution in [0.1, 0.15) is 20.8 Å². The second-order valence-electron chi connectivity index (χ2n) is 3.71. The molecule has 1 aromatic heterocycles. The number of nitrogens with zero attached hydrogens (tertiary/aromatic N) is 3. The highest BCUT2D eigenvalue weighted by Crippen LogP contribution is 2.10. The molecule has 1 aromatic rings. The molecule has 0 fully saturated rings. The van der Waals surface area contributed by atoms with E-state index in [9.17, 15) is 0 Å². The summed E-state index contributed by atoms with van der Waals surface area (Å²) in [5.74, 6) is 1.85. The Labute approximate surface area is 85.2 Å². The summed E-state index contributed by atoms with van der Waals surface area (Å²) in [7, 11) is 0. The van der Waals surface area contributed by atoms with E-state index >= 15 is 0 Å². The third-order valence-electron chi connectivity index (χ3n) is 1.91. The van der Waals surface area contributed by atoms with Gasteiger partial charge in [0.05, 0.1) is 0 Å². The van der Waals surface area contributed by atoms with E-state index in [2.05, 4.69) is 35.6 Å². The van der Waals surface area contributed by atoms with Crippen LogP contribution in [0.2, 0.25) is 0 Å². The minimum Gasteiger partial charge on any atom is -0.384 e. The molecule has 0 aliphatic carbocycles. The number of rotatable bonds is 4. The van der Waals surface area contributed by atoms with Crippen molar-refractivity contribution in [3.63, 3.8) is 0 Å². The average molecular weight is 194 g/mol. The van der Waals surface area contributed by atoms with Gasteiger partial charge in [0.2, 0.25) is 5.95 Å². The lowest BCUT2D eigenvalue weighted by Gasteiger charge is -2.22. The summed E-state index contributed by atoms with van der Waals surface area (Å²) in [5, 5.41) is 0. The van der Waals surface area contributed by atoms with Gasteiger partial charge >= 0.3 is 0 Å². The number of hydrogen-bond donors (Lipinski definition) is 1. The van der Waals surface area contributed by atoms with Gasteiger partial charge in [-0.15, -0.1) is 0 Å². The fourth-order valence-corrected chi connectivity index (χ4v) is 1.31. The van der Waals surface area contributed by atoms with Crippen molar-refractivity contribution in [3.05, 3.63) is 12.3 Å². The van der Waals surface area contributed by atoms with E-state index in [-0.39, 0.29) is 0 Å². The maximum absolute atomic E-state index is 5.60. The molecule has 1 heterocycles. The molecule has 0 saturated heterocycles. The third kappa shape index (κ3) is 2.87. The molecule has 0 aliphatic heterocycles. The molecule has 14 heavy (non-hydrogen) atoms. The maximum Gasteiger partial charge on any atom is 0.227 e. The molecule has 1 rings (SSSR count). The highest BCUT2D eigenvalue weighted by Gasteiger charge is 2.08. The molecule has 0 saturated carbocycles. The van der Waals surface area contributed by atoms with Gasteiger partial charge in [-0.25, -0.2) is 4.98 Å². The highest BCUT2D eigenvalue weighted by molar-refractivity contribution is 5.37. The lowest BCUT2D eigenvalue weighted by molar-refractivity contribution is 0.609. The van der Waals surface area contributed by atoms with Crippen molar-refractivity contribution >= 4 is 11.8 Å². The zero-order valence-electron chi connectivity index (χ0n) is 9.07. The molecule has 0 radical (unpaired) electrons. The second-order valence-corrected chi connectivity index (χ2v) is 3.71. The van der Waals surface area contributed by atoms with Crippen molar-refractivity contribution in [1.29, 1.82) is 0 Å². The van der Waals surface area contributed by atoms with Crippen molar-refractivity contribution in [1.82, 2.24) is 9.97 Å². The molecule has 4 nitrogen and oxygen atoms in total. The Balaban J connectivity index is 2.78. The molecule has 0 spiro atoms. The van der Waals surface area contributed by atoms with E-state index in [4.69, 9.17) is 5.73 Å². The molecule has 0 bridgehead atoms. The Hall–Kier alpha value is -1.32. The van der Waals surface area contributed by atoms with Crippen LogP contribution in [-0.4, -0.2) is 23.1 Å². The van der Waals surface area contributed by atoms with Gasteiger partial charge in [0.25, 0.3) is 0 Å². The first kappa shape index (κ1) is 10.8. The monoisotopic (exact) mass is 194 g/mol. The van der Waals surface area contributed by atoms with Crippen LogP contribution in [0.4, 0.5) is 11.8 Å². The average Bonchev–Trinajstić information content (AvgIpc) is 2.14. The normalized spacial score (nSPS) is 10.6. The first-order valence-electron chi connectivity index (χ1n) is 4.97. The van der Waals surface area contributed by atoms with Gasteiger partial charge in [0.1, 0.15) is 5.82 Å². The maximum atomic E-state index is 5.60. The van der Waals surface area contributed by atoms with Crippen molar-refractivity contribution in [2.45, 2.75) is 20.8 Å². The van der Waals surface area contributed by atoms with E-state index in [1.165, 1.54) is 0 Å². The summed E-state index contributed by atoms with van der Waals surface area (Å²) in [6.07, 6.45) is 1.70. The molecule has 4 heteroatoms. The summed E-state index contributed by atoms with van der Waals surface area (Å²) in [6, 6.07) is 1.70. The predicted octanol–water partition coefficient (Wildman–Crippen LogP) is 1.54. The van der Waals surface area contributed by atoms with Crippen LogP contribution in [0, 0.1) is 5.92 Å². The van der Waals surface area contributed by atoms with Crippen LogP contribution < -0.4 is 10.6 Å². The lowest BCUT2D eigenvalue weighted by Crippen LogP contribution is -2.29. The molecular weight excluding hydrogens is 176 g/mol. The van der Waals surface area contributed by atoms with Crippen molar-refractivity contribution in [3.8, 4) is 0 Å². The van der Waals surface area contributed by atoms with E-state index in [1.54, 1.807) is 12.3 Å².